The first kappa shape index (κ1) is 20.0. The highest BCUT2D eigenvalue weighted by Crippen LogP contribution is 2.34. The summed E-state index contributed by atoms with van der Waals surface area (Å²) in [4.78, 5) is 23.2. The van der Waals surface area contributed by atoms with Crippen molar-refractivity contribution in [2.75, 3.05) is 27.3 Å². The maximum atomic E-state index is 12.5. The summed E-state index contributed by atoms with van der Waals surface area (Å²) in [5, 5.41) is 17.3. The summed E-state index contributed by atoms with van der Waals surface area (Å²) in [5.41, 5.74) is -0.345. The molecular weight excluding hydrogens is 338 g/mol. The zero-order chi connectivity index (χ0) is 17.0. The Labute approximate surface area is 146 Å². The molecule has 1 aromatic carbocycles. The van der Waals surface area contributed by atoms with Gasteiger partial charge in [-0.2, -0.15) is 0 Å². The molecule has 0 radical (unpaired) electrons. The van der Waals surface area contributed by atoms with Crippen LogP contribution in [0.2, 0.25) is 0 Å². The quantitative estimate of drug-likeness (QED) is 0.613. The molecule has 8 nitrogen and oxygen atoms in total. The number of nitro benzene ring substituents is 1. The van der Waals surface area contributed by atoms with E-state index in [0.717, 1.165) is 13.0 Å². The number of nitrogens with zero attached hydrogens (tertiary/aromatic N) is 1. The van der Waals surface area contributed by atoms with Crippen LogP contribution in [-0.2, 0) is 0 Å². The predicted molar refractivity (Wildman–Crippen MR) is 91.4 cm³/mol. The number of carbonyl (C=O) groups is 1. The second kappa shape index (κ2) is 8.70. The van der Waals surface area contributed by atoms with Crippen LogP contribution in [0.1, 0.15) is 23.7 Å². The monoisotopic (exact) mass is 359 g/mol. The average Bonchev–Trinajstić information content (AvgIpc) is 2.55. The van der Waals surface area contributed by atoms with Crippen LogP contribution in [0, 0.1) is 16.0 Å². The summed E-state index contributed by atoms with van der Waals surface area (Å²) in [7, 11) is 2.80. The lowest BCUT2D eigenvalue weighted by molar-refractivity contribution is -0.385. The summed E-state index contributed by atoms with van der Waals surface area (Å²) < 4.78 is 10.2. The summed E-state index contributed by atoms with van der Waals surface area (Å²) in [5.74, 6) is 0.305. The molecule has 1 aliphatic heterocycles. The maximum absolute atomic E-state index is 12.5. The van der Waals surface area contributed by atoms with Crippen molar-refractivity contribution in [2.45, 2.75) is 19.4 Å². The van der Waals surface area contributed by atoms with Crippen LogP contribution in [0.5, 0.6) is 11.5 Å². The van der Waals surface area contributed by atoms with Crippen LogP contribution in [-0.4, -0.2) is 44.2 Å². The van der Waals surface area contributed by atoms with Gasteiger partial charge >= 0.3 is 0 Å². The molecule has 134 valence electrons. The van der Waals surface area contributed by atoms with Crippen molar-refractivity contribution in [3.63, 3.8) is 0 Å². The molecule has 2 N–H and O–H groups in total. The van der Waals surface area contributed by atoms with Crippen molar-refractivity contribution in [1.29, 1.82) is 0 Å². The van der Waals surface area contributed by atoms with Crippen LogP contribution in [0.4, 0.5) is 5.69 Å². The Morgan fingerprint density at radius 2 is 1.96 bits per heavy atom. The number of benzene rings is 1. The van der Waals surface area contributed by atoms with Gasteiger partial charge in [-0.25, -0.2) is 0 Å². The van der Waals surface area contributed by atoms with Crippen molar-refractivity contribution in [3.8, 4) is 11.5 Å². The van der Waals surface area contributed by atoms with Crippen molar-refractivity contribution in [1.82, 2.24) is 10.6 Å². The number of carbonyl (C=O) groups excluding carboxylic acids is 1. The number of ether oxygens (including phenoxy) is 2. The zero-order valence-electron chi connectivity index (χ0n) is 13.8. The molecule has 0 spiro atoms. The molecule has 0 aromatic heterocycles. The van der Waals surface area contributed by atoms with E-state index in [-0.39, 0.29) is 41.2 Å². The van der Waals surface area contributed by atoms with Gasteiger partial charge in [0.1, 0.15) is 5.56 Å². The SMILES string of the molecule is COc1cc(C(=O)NC2CNCCC2C)c([N+](=O)[O-])cc1OC.Cl. The zero-order valence-corrected chi connectivity index (χ0v) is 14.6. The highest BCUT2D eigenvalue weighted by Gasteiger charge is 2.28. The molecule has 0 bridgehead atoms. The van der Waals surface area contributed by atoms with E-state index in [0.29, 0.717) is 12.5 Å². The molecule has 9 heteroatoms. The molecule has 0 saturated carbocycles. The molecule has 1 amide bonds. The van der Waals surface area contributed by atoms with Crippen molar-refractivity contribution in [2.24, 2.45) is 5.92 Å². The van der Waals surface area contributed by atoms with Gasteiger partial charge in [0.15, 0.2) is 11.5 Å². The molecule has 0 aliphatic carbocycles. The van der Waals surface area contributed by atoms with Gasteiger partial charge in [0.25, 0.3) is 11.6 Å². The number of methoxy groups -OCH3 is 2. The minimum absolute atomic E-state index is 0. The van der Waals surface area contributed by atoms with E-state index in [1.54, 1.807) is 0 Å². The maximum Gasteiger partial charge on any atom is 0.286 e. The van der Waals surface area contributed by atoms with Gasteiger partial charge in [0, 0.05) is 18.7 Å². The number of nitrogens with one attached hydrogen (secondary N) is 2. The smallest absolute Gasteiger partial charge is 0.286 e. The van der Waals surface area contributed by atoms with Crippen LogP contribution < -0.4 is 20.1 Å². The third kappa shape index (κ3) is 4.27. The molecule has 2 rings (SSSR count). The molecule has 1 heterocycles. The molecule has 1 fully saturated rings. The lowest BCUT2D eigenvalue weighted by Crippen LogP contribution is -2.50. The van der Waals surface area contributed by atoms with Crippen molar-refractivity contribution in [3.05, 3.63) is 27.8 Å². The van der Waals surface area contributed by atoms with E-state index in [9.17, 15) is 14.9 Å². The first-order chi connectivity index (χ1) is 11.0. The first-order valence-electron chi connectivity index (χ1n) is 7.40. The number of rotatable bonds is 5. The van der Waals surface area contributed by atoms with Gasteiger partial charge in [-0.05, 0) is 18.9 Å². The van der Waals surface area contributed by atoms with Gasteiger partial charge in [0.05, 0.1) is 25.2 Å². The van der Waals surface area contributed by atoms with Crippen LogP contribution in [0.25, 0.3) is 0 Å². The number of hydrogen-bond donors (Lipinski definition) is 2. The largest absolute Gasteiger partial charge is 0.493 e. The second-order valence-electron chi connectivity index (χ2n) is 5.53. The second-order valence-corrected chi connectivity index (χ2v) is 5.53. The third-order valence-corrected chi connectivity index (χ3v) is 4.09. The average molecular weight is 360 g/mol. The number of halogens is 1. The lowest BCUT2D eigenvalue weighted by atomic mass is 9.94. The molecule has 24 heavy (non-hydrogen) atoms. The molecule has 1 saturated heterocycles. The molecule has 1 aromatic rings. The van der Waals surface area contributed by atoms with Gasteiger partial charge < -0.3 is 20.1 Å². The first-order valence-corrected chi connectivity index (χ1v) is 7.40. The standard InChI is InChI=1S/C15H21N3O5.ClH/c1-9-4-5-16-8-11(9)17-15(19)10-6-13(22-2)14(23-3)7-12(10)18(20)21;/h6-7,9,11,16H,4-5,8H2,1-3H3,(H,17,19);1H. The third-order valence-electron chi connectivity index (χ3n) is 4.09. The van der Waals surface area contributed by atoms with Crippen molar-refractivity contribution >= 4 is 24.0 Å². The Hall–Kier alpha value is -2.06. The fourth-order valence-electron chi connectivity index (χ4n) is 2.63. The molecular formula is C15H22ClN3O5. The fourth-order valence-corrected chi connectivity index (χ4v) is 2.63. The Kier molecular flexibility index (Phi) is 7.24. The minimum Gasteiger partial charge on any atom is -0.493 e. The topological polar surface area (TPSA) is 103 Å². The van der Waals surface area contributed by atoms with E-state index < -0.39 is 10.8 Å². The highest BCUT2D eigenvalue weighted by atomic mass is 35.5. The number of amides is 1. The summed E-state index contributed by atoms with van der Waals surface area (Å²) in [6, 6.07) is 2.48. The van der Waals surface area contributed by atoms with Crippen LogP contribution >= 0.6 is 12.4 Å². The Morgan fingerprint density at radius 1 is 1.33 bits per heavy atom. The van der Waals surface area contributed by atoms with E-state index in [4.69, 9.17) is 9.47 Å². The fraction of sp³-hybridized carbons (Fsp3) is 0.533. The molecule has 1 aliphatic rings. The highest BCUT2D eigenvalue weighted by molar-refractivity contribution is 5.99. The van der Waals surface area contributed by atoms with E-state index >= 15 is 0 Å². The normalized spacial score (nSPS) is 19.8. The number of piperidine rings is 1. The molecule has 2 unspecified atom stereocenters. The van der Waals surface area contributed by atoms with Crippen molar-refractivity contribution < 1.29 is 19.2 Å². The summed E-state index contributed by atoms with van der Waals surface area (Å²) in [6.07, 6.45) is 0.943. The van der Waals surface area contributed by atoms with Gasteiger partial charge in [-0.15, -0.1) is 12.4 Å². The summed E-state index contributed by atoms with van der Waals surface area (Å²) >= 11 is 0. The summed E-state index contributed by atoms with van der Waals surface area (Å²) in [6.45, 7) is 3.60. The Bertz CT molecular complexity index is 611. The van der Waals surface area contributed by atoms with E-state index in [1.165, 1.54) is 26.4 Å². The van der Waals surface area contributed by atoms with Gasteiger partial charge in [-0.1, -0.05) is 6.92 Å². The van der Waals surface area contributed by atoms with Crippen LogP contribution in [0.15, 0.2) is 12.1 Å². The van der Waals surface area contributed by atoms with Gasteiger partial charge in [0.2, 0.25) is 0 Å². The minimum atomic E-state index is -0.598. The Balaban J connectivity index is 0.00000288. The van der Waals surface area contributed by atoms with E-state index in [1.807, 2.05) is 0 Å². The Morgan fingerprint density at radius 3 is 2.50 bits per heavy atom. The number of nitro groups is 1. The predicted octanol–water partition coefficient (Wildman–Crippen LogP) is 1.76. The number of hydrogen-bond acceptors (Lipinski definition) is 6. The van der Waals surface area contributed by atoms with Crippen LogP contribution in [0.3, 0.4) is 0 Å². The lowest BCUT2D eigenvalue weighted by Gasteiger charge is -2.30. The molecule has 2 atom stereocenters. The van der Waals surface area contributed by atoms with Gasteiger partial charge in [-0.3, -0.25) is 14.9 Å². The van der Waals surface area contributed by atoms with E-state index in [2.05, 4.69) is 17.6 Å².